The van der Waals surface area contributed by atoms with E-state index in [1.165, 1.54) is 10.9 Å². The number of ether oxygens (including phenoxy) is 1. The Balaban J connectivity index is 2.37. The molecule has 1 heterocycles. The third-order valence-electron chi connectivity index (χ3n) is 2.57. The van der Waals surface area contributed by atoms with Gasteiger partial charge in [0, 0.05) is 10.4 Å². The predicted molar refractivity (Wildman–Crippen MR) is 57.7 cm³/mol. The average Bonchev–Trinajstić information content (AvgIpc) is 3.01. The number of benzene rings is 2. The maximum absolute atomic E-state index is 6.18. The lowest BCUT2D eigenvalue weighted by Crippen LogP contribution is -1.84. The minimum Gasteiger partial charge on any atom is -0.368 e. The van der Waals surface area contributed by atoms with E-state index in [0.717, 1.165) is 17.0 Å². The summed E-state index contributed by atoms with van der Waals surface area (Å²) in [6.07, 6.45) is 0.263. The van der Waals surface area contributed by atoms with E-state index in [-0.39, 0.29) is 6.10 Å². The normalized spacial score (nSPS) is 19.9. The first kappa shape index (κ1) is 8.27. The van der Waals surface area contributed by atoms with Crippen LogP contribution < -0.4 is 0 Å². The SMILES string of the molecule is Clc1cccc2cccc([C@@H]3CO3)c12. The van der Waals surface area contributed by atoms with E-state index in [0.29, 0.717) is 0 Å². The van der Waals surface area contributed by atoms with Gasteiger partial charge in [-0.3, -0.25) is 0 Å². The third-order valence-corrected chi connectivity index (χ3v) is 2.88. The second-order valence-electron chi connectivity index (χ2n) is 3.51. The summed E-state index contributed by atoms with van der Waals surface area (Å²) in [5.74, 6) is 0. The zero-order valence-electron chi connectivity index (χ0n) is 7.53. The molecule has 70 valence electrons. The van der Waals surface area contributed by atoms with E-state index >= 15 is 0 Å². The maximum Gasteiger partial charge on any atom is 0.107 e. The van der Waals surface area contributed by atoms with E-state index in [1.54, 1.807) is 0 Å². The van der Waals surface area contributed by atoms with Crippen LogP contribution in [0.25, 0.3) is 10.8 Å². The van der Waals surface area contributed by atoms with Gasteiger partial charge < -0.3 is 4.74 Å². The Morgan fingerprint density at radius 2 is 1.86 bits per heavy atom. The molecule has 1 aliphatic rings. The van der Waals surface area contributed by atoms with Gasteiger partial charge in [-0.15, -0.1) is 0 Å². The lowest BCUT2D eigenvalue weighted by atomic mass is 10.0. The summed E-state index contributed by atoms with van der Waals surface area (Å²) in [6.45, 7) is 0.824. The minimum atomic E-state index is 0.263. The minimum absolute atomic E-state index is 0.263. The number of fused-ring (bicyclic) bond motifs is 1. The van der Waals surface area contributed by atoms with Crippen LogP contribution in [-0.4, -0.2) is 6.61 Å². The first-order chi connectivity index (χ1) is 6.86. The van der Waals surface area contributed by atoms with E-state index in [4.69, 9.17) is 16.3 Å². The molecule has 3 rings (SSSR count). The Kier molecular flexibility index (Phi) is 1.76. The number of halogens is 1. The molecule has 0 spiro atoms. The van der Waals surface area contributed by atoms with Crippen molar-refractivity contribution in [1.82, 2.24) is 0 Å². The van der Waals surface area contributed by atoms with Crippen molar-refractivity contribution in [2.24, 2.45) is 0 Å². The molecule has 1 fully saturated rings. The highest BCUT2D eigenvalue weighted by atomic mass is 35.5. The van der Waals surface area contributed by atoms with Crippen LogP contribution in [0.2, 0.25) is 5.02 Å². The Morgan fingerprint density at radius 3 is 2.57 bits per heavy atom. The van der Waals surface area contributed by atoms with Crippen molar-refractivity contribution in [3.05, 3.63) is 47.0 Å². The molecule has 0 saturated carbocycles. The predicted octanol–water partition coefficient (Wildman–Crippen LogP) is 3.56. The Hall–Kier alpha value is -1.05. The largest absolute Gasteiger partial charge is 0.368 e. The monoisotopic (exact) mass is 204 g/mol. The van der Waals surface area contributed by atoms with Crippen LogP contribution in [0.3, 0.4) is 0 Å². The van der Waals surface area contributed by atoms with Crippen molar-refractivity contribution < 1.29 is 4.74 Å². The Labute approximate surface area is 87.3 Å². The zero-order chi connectivity index (χ0) is 9.54. The van der Waals surface area contributed by atoms with Crippen molar-refractivity contribution in [1.29, 1.82) is 0 Å². The van der Waals surface area contributed by atoms with Crippen LogP contribution >= 0.6 is 11.6 Å². The molecule has 0 unspecified atom stereocenters. The first-order valence-electron chi connectivity index (χ1n) is 4.65. The second kappa shape index (κ2) is 2.97. The van der Waals surface area contributed by atoms with Gasteiger partial charge in [0.15, 0.2) is 0 Å². The number of epoxide rings is 1. The molecule has 2 aromatic rings. The van der Waals surface area contributed by atoms with Crippen molar-refractivity contribution in [3.8, 4) is 0 Å². The lowest BCUT2D eigenvalue weighted by molar-refractivity contribution is 0.417. The van der Waals surface area contributed by atoms with Gasteiger partial charge in [0.05, 0.1) is 6.61 Å². The molecule has 0 radical (unpaired) electrons. The van der Waals surface area contributed by atoms with Crippen LogP contribution in [0.1, 0.15) is 11.7 Å². The van der Waals surface area contributed by atoms with Crippen molar-refractivity contribution in [3.63, 3.8) is 0 Å². The van der Waals surface area contributed by atoms with Gasteiger partial charge >= 0.3 is 0 Å². The van der Waals surface area contributed by atoms with Crippen molar-refractivity contribution in [2.45, 2.75) is 6.10 Å². The molecule has 0 aromatic heterocycles. The summed E-state index contributed by atoms with van der Waals surface area (Å²) in [5.41, 5.74) is 1.22. The van der Waals surface area contributed by atoms with Crippen LogP contribution in [0.15, 0.2) is 36.4 Å². The van der Waals surface area contributed by atoms with E-state index in [2.05, 4.69) is 24.3 Å². The molecule has 0 aliphatic carbocycles. The quantitative estimate of drug-likeness (QED) is 0.647. The Bertz CT molecular complexity index is 483. The summed E-state index contributed by atoms with van der Waals surface area (Å²) in [4.78, 5) is 0. The summed E-state index contributed by atoms with van der Waals surface area (Å²) in [6, 6.07) is 12.2. The fourth-order valence-corrected chi connectivity index (χ4v) is 2.11. The average molecular weight is 205 g/mol. The molecule has 1 nitrogen and oxygen atoms in total. The zero-order valence-corrected chi connectivity index (χ0v) is 8.29. The number of hydrogen-bond donors (Lipinski definition) is 0. The molecule has 2 aromatic carbocycles. The fraction of sp³-hybridized carbons (Fsp3) is 0.167. The lowest BCUT2D eigenvalue weighted by Gasteiger charge is -2.05. The summed E-state index contributed by atoms with van der Waals surface area (Å²) < 4.78 is 5.30. The van der Waals surface area contributed by atoms with Crippen LogP contribution in [-0.2, 0) is 4.74 Å². The number of hydrogen-bond acceptors (Lipinski definition) is 1. The van der Waals surface area contributed by atoms with Gasteiger partial charge in [-0.1, -0.05) is 41.9 Å². The molecule has 1 saturated heterocycles. The van der Waals surface area contributed by atoms with Crippen LogP contribution in [0, 0.1) is 0 Å². The van der Waals surface area contributed by atoms with Gasteiger partial charge in [-0.25, -0.2) is 0 Å². The van der Waals surface area contributed by atoms with Gasteiger partial charge in [-0.2, -0.15) is 0 Å². The van der Waals surface area contributed by atoms with Crippen molar-refractivity contribution in [2.75, 3.05) is 6.61 Å². The number of rotatable bonds is 1. The molecular weight excluding hydrogens is 196 g/mol. The molecule has 0 N–H and O–H groups in total. The van der Waals surface area contributed by atoms with Gasteiger partial charge in [0.25, 0.3) is 0 Å². The van der Waals surface area contributed by atoms with Gasteiger partial charge in [0.1, 0.15) is 6.10 Å². The summed E-state index contributed by atoms with van der Waals surface area (Å²) in [7, 11) is 0. The topological polar surface area (TPSA) is 12.5 Å². The molecule has 1 aliphatic heterocycles. The van der Waals surface area contributed by atoms with E-state index < -0.39 is 0 Å². The molecule has 0 bridgehead atoms. The highest BCUT2D eigenvalue weighted by molar-refractivity contribution is 6.35. The maximum atomic E-state index is 6.18. The third kappa shape index (κ3) is 1.21. The van der Waals surface area contributed by atoms with Crippen LogP contribution in [0.5, 0.6) is 0 Å². The smallest absolute Gasteiger partial charge is 0.107 e. The van der Waals surface area contributed by atoms with Crippen LogP contribution in [0.4, 0.5) is 0 Å². The summed E-state index contributed by atoms with van der Waals surface area (Å²) >= 11 is 6.18. The molecule has 1 atom stereocenters. The Morgan fingerprint density at radius 1 is 1.14 bits per heavy atom. The first-order valence-corrected chi connectivity index (χ1v) is 5.03. The van der Waals surface area contributed by atoms with E-state index in [1.807, 2.05) is 12.1 Å². The molecule has 0 amide bonds. The molecule has 14 heavy (non-hydrogen) atoms. The fourth-order valence-electron chi connectivity index (χ4n) is 1.82. The van der Waals surface area contributed by atoms with Crippen molar-refractivity contribution >= 4 is 22.4 Å². The highest BCUT2D eigenvalue weighted by Gasteiger charge is 2.26. The van der Waals surface area contributed by atoms with Gasteiger partial charge in [0.2, 0.25) is 0 Å². The molecule has 2 heteroatoms. The standard InChI is InChI=1S/C12H9ClO/c13-10-6-2-4-8-3-1-5-9(12(8)10)11-7-14-11/h1-6,11H,7H2/t11-/m0/s1. The second-order valence-corrected chi connectivity index (χ2v) is 3.91. The summed E-state index contributed by atoms with van der Waals surface area (Å²) in [5, 5.41) is 3.14. The van der Waals surface area contributed by atoms with Gasteiger partial charge in [-0.05, 0) is 17.0 Å². The molecular formula is C12H9ClO. The highest BCUT2D eigenvalue weighted by Crippen LogP contribution is 2.37. The van der Waals surface area contributed by atoms with E-state index in [9.17, 15) is 0 Å².